The van der Waals surface area contributed by atoms with E-state index in [9.17, 15) is 9.59 Å². The molecule has 0 aliphatic carbocycles. The standard InChI is InChI=1S/C20H26N4O2/c1-24(15-17-5-3-2-4-6-17)20(26)23-14-12-19(25)22-13-11-16-7-9-18(21)10-8-16/h2-10H,11-15,21H2,1H3,(H,22,25)(H,23,26). The van der Waals surface area contributed by atoms with Gasteiger partial charge in [0, 0.05) is 38.8 Å². The molecule has 3 amide bonds. The second kappa shape index (κ2) is 10.1. The number of nitrogens with two attached hydrogens (primary N) is 1. The average Bonchev–Trinajstić information content (AvgIpc) is 2.64. The maximum atomic E-state index is 12.0. The minimum Gasteiger partial charge on any atom is -0.399 e. The van der Waals surface area contributed by atoms with E-state index in [1.807, 2.05) is 54.6 Å². The third-order valence-electron chi connectivity index (χ3n) is 3.95. The van der Waals surface area contributed by atoms with Gasteiger partial charge in [-0.2, -0.15) is 0 Å². The summed E-state index contributed by atoms with van der Waals surface area (Å²) >= 11 is 0. The van der Waals surface area contributed by atoms with E-state index in [0.29, 0.717) is 19.6 Å². The van der Waals surface area contributed by atoms with Gasteiger partial charge in [-0.15, -0.1) is 0 Å². The number of rotatable bonds is 8. The number of anilines is 1. The molecule has 0 fully saturated rings. The van der Waals surface area contributed by atoms with E-state index in [0.717, 1.165) is 23.2 Å². The van der Waals surface area contributed by atoms with Crippen LogP contribution in [-0.4, -0.2) is 37.0 Å². The van der Waals surface area contributed by atoms with Crippen molar-refractivity contribution < 1.29 is 9.59 Å². The van der Waals surface area contributed by atoms with Crippen molar-refractivity contribution in [2.24, 2.45) is 0 Å². The van der Waals surface area contributed by atoms with E-state index in [1.165, 1.54) is 0 Å². The van der Waals surface area contributed by atoms with Crippen LogP contribution in [-0.2, 0) is 17.8 Å². The Bertz CT molecular complexity index is 702. The Labute approximate surface area is 154 Å². The van der Waals surface area contributed by atoms with Crippen molar-refractivity contribution in [1.82, 2.24) is 15.5 Å². The molecule has 0 spiro atoms. The van der Waals surface area contributed by atoms with Gasteiger partial charge in [0.2, 0.25) is 5.91 Å². The monoisotopic (exact) mass is 354 g/mol. The number of nitrogens with zero attached hydrogens (tertiary/aromatic N) is 1. The summed E-state index contributed by atoms with van der Waals surface area (Å²) in [7, 11) is 1.73. The summed E-state index contributed by atoms with van der Waals surface area (Å²) in [6.07, 6.45) is 1.00. The lowest BCUT2D eigenvalue weighted by molar-refractivity contribution is -0.120. The molecule has 0 radical (unpaired) electrons. The summed E-state index contributed by atoms with van der Waals surface area (Å²) in [6, 6.07) is 17.2. The van der Waals surface area contributed by atoms with Crippen molar-refractivity contribution in [3.63, 3.8) is 0 Å². The zero-order chi connectivity index (χ0) is 18.8. The van der Waals surface area contributed by atoms with Crippen molar-refractivity contribution in [1.29, 1.82) is 0 Å². The summed E-state index contributed by atoms with van der Waals surface area (Å²) in [4.78, 5) is 25.5. The van der Waals surface area contributed by atoms with Gasteiger partial charge in [-0.1, -0.05) is 42.5 Å². The molecular weight excluding hydrogens is 328 g/mol. The minimum atomic E-state index is -0.191. The second-order valence-corrected chi connectivity index (χ2v) is 6.17. The molecule has 0 saturated carbocycles. The zero-order valence-corrected chi connectivity index (χ0v) is 15.1. The smallest absolute Gasteiger partial charge is 0.317 e. The van der Waals surface area contributed by atoms with Gasteiger partial charge in [-0.3, -0.25) is 4.79 Å². The fourth-order valence-corrected chi connectivity index (χ4v) is 2.47. The molecular formula is C20H26N4O2. The molecule has 0 atom stereocenters. The number of nitrogens with one attached hydrogen (secondary N) is 2. The number of urea groups is 1. The van der Waals surface area contributed by atoms with Gasteiger partial charge in [0.05, 0.1) is 0 Å². The molecule has 2 aromatic carbocycles. The van der Waals surface area contributed by atoms with E-state index in [1.54, 1.807) is 11.9 Å². The highest BCUT2D eigenvalue weighted by Gasteiger charge is 2.09. The van der Waals surface area contributed by atoms with Crippen LogP contribution in [0.5, 0.6) is 0 Å². The van der Waals surface area contributed by atoms with Crippen molar-refractivity contribution in [3.8, 4) is 0 Å². The van der Waals surface area contributed by atoms with Crippen LogP contribution in [0.1, 0.15) is 17.5 Å². The third kappa shape index (κ3) is 6.84. The number of carbonyl (C=O) groups excluding carboxylic acids is 2. The van der Waals surface area contributed by atoms with Gasteiger partial charge in [-0.05, 0) is 29.7 Å². The van der Waals surface area contributed by atoms with Gasteiger partial charge < -0.3 is 21.3 Å². The van der Waals surface area contributed by atoms with E-state index in [4.69, 9.17) is 5.73 Å². The van der Waals surface area contributed by atoms with Crippen molar-refractivity contribution in [3.05, 3.63) is 65.7 Å². The van der Waals surface area contributed by atoms with Crippen LogP contribution < -0.4 is 16.4 Å². The van der Waals surface area contributed by atoms with E-state index < -0.39 is 0 Å². The normalized spacial score (nSPS) is 10.2. The summed E-state index contributed by atoms with van der Waals surface area (Å²) in [6.45, 7) is 1.40. The minimum absolute atomic E-state index is 0.0774. The molecule has 0 bridgehead atoms. The molecule has 0 unspecified atom stereocenters. The molecule has 2 rings (SSSR count). The predicted octanol–water partition coefficient (Wildman–Crippen LogP) is 2.16. The van der Waals surface area contributed by atoms with Crippen molar-refractivity contribution in [2.75, 3.05) is 25.9 Å². The van der Waals surface area contributed by atoms with Crippen LogP contribution >= 0.6 is 0 Å². The number of benzene rings is 2. The summed E-state index contributed by atoms with van der Waals surface area (Å²) in [5.41, 5.74) is 8.55. The number of amides is 3. The molecule has 0 heterocycles. The van der Waals surface area contributed by atoms with Crippen LogP contribution in [0.2, 0.25) is 0 Å². The first-order chi connectivity index (χ1) is 12.5. The fourth-order valence-electron chi connectivity index (χ4n) is 2.47. The van der Waals surface area contributed by atoms with Gasteiger partial charge in [0.25, 0.3) is 0 Å². The first-order valence-corrected chi connectivity index (χ1v) is 8.68. The Morgan fingerprint density at radius 2 is 1.62 bits per heavy atom. The van der Waals surface area contributed by atoms with Crippen LogP contribution in [0.25, 0.3) is 0 Å². The van der Waals surface area contributed by atoms with Gasteiger partial charge in [-0.25, -0.2) is 4.79 Å². The quantitative estimate of drug-likeness (QED) is 0.635. The van der Waals surface area contributed by atoms with E-state index in [2.05, 4.69) is 10.6 Å². The Morgan fingerprint density at radius 3 is 2.31 bits per heavy atom. The lowest BCUT2D eigenvalue weighted by atomic mass is 10.1. The van der Waals surface area contributed by atoms with Gasteiger partial charge >= 0.3 is 6.03 Å². The summed E-state index contributed by atoms with van der Waals surface area (Å²) in [5.74, 6) is -0.0774. The molecule has 6 heteroatoms. The lowest BCUT2D eigenvalue weighted by Gasteiger charge is -2.18. The average molecular weight is 354 g/mol. The van der Waals surface area contributed by atoms with Crippen LogP contribution in [0.3, 0.4) is 0 Å². The first-order valence-electron chi connectivity index (χ1n) is 8.68. The highest BCUT2D eigenvalue weighted by molar-refractivity contribution is 5.78. The van der Waals surface area contributed by atoms with Gasteiger partial charge in [0.1, 0.15) is 0 Å². The highest BCUT2D eigenvalue weighted by Crippen LogP contribution is 2.05. The molecule has 26 heavy (non-hydrogen) atoms. The number of nitrogen functional groups attached to an aromatic ring is 1. The number of hydrogen-bond acceptors (Lipinski definition) is 3. The number of carbonyl (C=O) groups is 2. The first kappa shape index (κ1) is 19.3. The zero-order valence-electron chi connectivity index (χ0n) is 15.1. The van der Waals surface area contributed by atoms with E-state index >= 15 is 0 Å². The Kier molecular flexibility index (Phi) is 7.49. The van der Waals surface area contributed by atoms with Crippen molar-refractivity contribution >= 4 is 17.6 Å². The summed E-state index contributed by atoms with van der Waals surface area (Å²) in [5, 5.41) is 5.61. The molecule has 0 aromatic heterocycles. The molecule has 138 valence electrons. The van der Waals surface area contributed by atoms with Crippen LogP contribution in [0, 0.1) is 0 Å². The Balaban J connectivity index is 1.59. The topological polar surface area (TPSA) is 87.5 Å². The Morgan fingerprint density at radius 1 is 0.923 bits per heavy atom. The fraction of sp³-hybridized carbons (Fsp3) is 0.300. The van der Waals surface area contributed by atoms with Crippen LogP contribution in [0.15, 0.2) is 54.6 Å². The maximum Gasteiger partial charge on any atom is 0.317 e. The third-order valence-corrected chi connectivity index (χ3v) is 3.95. The van der Waals surface area contributed by atoms with Gasteiger partial charge in [0.15, 0.2) is 0 Å². The largest absolute Gasteiger partial charge is 0.399 e. The lowest BCUT2D eigenvalue weighted by Crippen LogP contribution is -2.39. The SMILES string of the molecule is CN(Cc1ccccc1)C(=O)NCCC(=O)NCCc1ccc(N)cc1. The molecule has 0 saturated heterocycles. The molecule has 6 nitrogen and oxygen atoms in total. The van der Waals surface area contributed by atoms with E-state index in [-0.39, 0.29) is 18.4 Å². The Hall–Kier alpha value is -3.02. The number of hydrogen-bond donors (Lipinski definition) is 3. The molecule has 4 N–H and O–H groups in total. The molecule has 2 aromatic rings. The second-order valence-electron chi connectivity index (χ2n) is 6.17. The molecule has 0 aliphatic rings. The van der Waals surface area contributed by atoms with Crippen molar-refractivity contribution in [2.45, 2.75) is 19.4 Å². The summed E-state index contributed by atoms with van der Waals surface area (Å²) < 4.78 is 0. The highest BCUT2D eigenvalue weighted by atomic mass is 16.2. The van der Waals surface area contributed by atoms with Crippen LogP contribution in [0.4, 0.5) is 10.5 Å². The maximum absolute atomic E-state index is 12.0. The predicted molar refractivity (Wildman–Crippen MR) is 103 cm³/mol. The molecule has 0 aliphatic heterocycles.